The van der Waals surface area contributed by atoms with Crippen molar-refractivity contribution in [2.24, 2.45) is 5.92 Å². The predicted molar refractivity (Wildman–Crippen MR) is 127 cm³/mol. The zero-order valence-electron chi connectivity index (χ0n) is 19.8. The third-order valence-electron chi connectivity index (χ3n) is 5.95. The van der Waals surface area contributed by atoms with E-state index in [9.17, 15) is 14.7 Å². The maximum Gasteiger partial charge on any atom is 0.317 e. The average Bonchev–Trinajstić information content (AvgIpc) is 2.84. The number of benzene rings is 1. The molecule has 1 aliphatic rings. The highest BCUT2D eigenvalue weighted by Gasteiger charge is 2.34. The van der Waals surface area contributed by atoms with Gasteiger partial charge >= 0.3 is 6.03 Å². The molecule has 0 aliphatic carbocycles. The van der Waals surface area contributed by atoms with Crippen LogP contribution >= 0.6 is 0 Å². The first-order chi connectivity index (χ1) is 15.8. The Morgan fingerprint density at radius 2 is 2.06 bits per heavy atom. The van der Waals surface area contributed by atoms with Gasteiger partial charge in [0.1, 0.15) is 11.7 Å². The van der Waals surface area contributed by atoms with Gasteiger partial charge in [-0.2, -0.15) is 0 Å². The molecule has 8 nitrogen and oxygen atoms in total. The number of aromatic nitrogens is 1. The summed E-state index contributed by atoms with van der Waals surface area (Å²) in [6.07, 6.45) is 2.17. The van der Waals surface area contributed by atoms with Gasteiger partial charge in [-0.3, -0.25) is 4.79 Å². The van der Waals surface area contributed by atoms with E-state index in [0.717, 1.165) is 17.5 Å². The van der Waals surface area contributed by atoms with Gasteiger partial charge in [-0.15, -0.1) is 0 Å². The van der Waals surface area contributed by atoms with Crippen molar-refractivity contribution >= 4 is 11.9 Å². The number of aliphatic hydroxyl groups excluding tert-OH is 1. The van der Waals surface area contributed by atoms with E-state index in [2.05, 4.69) is 10.3 Å². The van der Waals surface area contributed by atoms with Crippen LogP contribution < -0.4 is 10.1 Å². The van der Waals surface area contributed by atoms with E-state index >= 15 is 0 Å². The number of urea groups is 1. The summed E-state index contributed by atoms with van der Waals surface area (Å²) in [4.78, 5) is 33.7. The first-order valence-electron chi connectivity index (χ1n) is 11.5. The lowest BCUT2D eigenvalue weighted by Crippen LogP contribution is -2.51. The lowest BCUT2D eigenvalue weighted by atomic mass is 9.99. The molecule has 1 aromatic carbocycles. The first kappa shape index (κ1) is 24.5. The van der Waals surface area contributed by atoms with Gasteiger partial charge in [-0.25, -0.2) is 9.78 Å². The van der Waals surface area contributed by atoms with Crippen molar-refractivity contribution in [2.45, 2.75) is 39.3 Å². The van der Waals surface area contributed by atoms with Crippen LogP contribution in [0.4, 0.5) is 4.79 Å². The molecule has 1 aliphatic heterocycles. The van der Waals surface area contributed by atoms with Crippen molar-refractivity contribution in [3.05, 3.63) is 48.2 Å². The largest absolute Gasteiger partial charge is 0.472 e. The molecule has 3 amide bonds. The molecule has 0 saturated carbocycles. The number of carbonyl (C=O) groups excluding carboxylic acids is 2. The highest BCUT2D eigenvalue weighted by molar-refractivity contribution is 5.98. The number of pyridine rings is 1. The maximum absolute atomic E-state index is 13.5. The van der Waals surface area contributed by atoms with E-state index in [1.165, 1.54) is 0 Å². The lowest BCUT2D eigenvalue weighted by Gasteiger charge is -2.37. The van der Waals surface area contributed by atoms with E-state index in [1.807, 2.05) is 51.1 Å². The Labute approximate surface area is 195 Å². The second-order valence-corrected chi connectivity index (χ2v) is 8.68. The SMILES string of the molecule is CCCNC(=O)N(C)C[C@H]1Oc2ncc(-c3ccccc3)cc2C(=O)N([C@H](C)CO)C[C@H]1C. The molecule has 0 spiro atoms. The van der Waals surface area contributed by atoms with Gasteiger partial charge < -0.3 is 25.0 Å². The monoisotopic (exact) mass is 454 g/mol. The Kier molecular flexibility index (Phi) is 8.27. The van der Waals surface area contributed by atoms with Crippen molar-refractivity contribution in [1.82, 2.24) is 20.1 Å². The Hall–Kier alpha value is -3.13. The zero-order valence-corrected chi connectivity index (χ0v) is 19.8. The number of fused-ring (bicyclic) bond motifs is 1. The minimum atomic E-state index is -0.377. The summed E-state index contributed by atoms with van der Waals surface area (Å²) in [6, 6.07) is 11.0. The number of nitrogens with one attached hydrogen (secondary N) is 1. The average molecular weight is 455 g/mol. The summed E-state index contributed by atoms with van der Waals surface area (Å²) in [6.45, 7) is 6.99. The molecule has 2 aromatic rings. The summed E-state index contributed by atoms with van der Waals surface area (Å²) in [7, 11) is 1.73. The van der Waals surface area contributed by atoms with Crippen molar-refractivity contribution in [1.29, 1.82) is 0 Å². The van der Waals surface area contributed by atoms with Crippen LogP contribution in [0.1, 0.15) is 37.6 Å². The number of nitrogens with zero attached hydrogens (tertiary/aromatic N) is 3. The number of hydrogen-bond acceptors (Lipinski definition) is 5. The molecular weight excluding hydrogens is 420 g/mol. The maximum atomic E-state index is 13.5. The Morgan fingerprint density at radius 3 is 2.73 bits per heavy atom. The van der Waals surface area contributed by atoms with Crippen molar-refractivity contribution in [3.8, 4) is 17.0 Å². The normalized spacial score (nSPS) is 19.1. The fourth-order valence-corrected chi connectivity index (χ4v) is 3.83. The molecule has 3 atom stereocenters. The fourth-order valence-electron chi connectivity index (χ4n) is 3.83. The van der Waals surface area contributed by atoms with E-state index in [1.54, 1.807) is 29.1 Å². The van der Waals surface area contributed by atoms with Gasteiger partial charge in [0, 0.05) is 37.8 Å². The van der Waals surface area contributed by atoms with Crippen LogP contribution in [0.5, 0.6) is 5.88 Å². The minimum Gasteiger partial charge on any atom is -0.472 e. The quantitative estimate of drug-likeness (QED) is 0.671. The molecule has 2 heterocycles. The molecule has 0 saturated heterocycles. The molecule has 0 unspecified atom stereocenters. The number of carbonyl (C=O) groups is 2. The Balaban J connectivity index is 1.96. The van der Waals surface area contributed by atoms with Crippen LogP contribution in [0.15, 0.2) is 42.6 Å². The second-order valence-electron chi connectivity index (χ2n) is 8.68. The van der Waals surface area contributed by atoms with Crippen molar-refractivity contribution < 1.29 is 19.4 Å². The number of aliphatic hydroxyl groups is 1. The summed E-state index contributed by atoms with van der Waals surface area (Å²) >= 11 is 0. The number of hydrogen-bond donors (Lipinski definition) is 2. The van der Waals surface area contributed by atoms with Crippen LogP contribution in [0, 0.1) is 5.92 Å². The molecule has 178 valence electrons. The number of amides is 3. The Bertz CT molecular complexity index is 953. The molecule has 0 bridgehead atoms. The molecule has 1 aromatic heterocycles. The zero-order chi connectivity index (χ0) is 24.0. The third-order valence-corrected chi connectivity index (χ3v) is 5.95. The highest BCUT2D eigenvalue weighted by Crippen LogP contribution is 2.30. The van der Waals surface area contributed by atoms with Gasteiger partial charge in [0.05, 0.1) is 19.2 Å². The van der Waals surface area contributed by atoms with Crippen molar-refractivity contribution in [3.63, 3.8) is 0 Å². The minimum absolute atomic E-state index is 0.0897. The van der Waals surface area contributed by atoms with Crippen LogP contribution in [-0.4, -0.2) is 77.3 Å². The van der Waals surface area contributed by atoms with Gasteiger partial charge in [-0.1, -0.05) is 44.2 Å². The van der Waals surface area contributed by atoms with Gasteiger partial charge in [0.25, 0.3) is 5.91 Å². The van der Waals surface area contributed by atoms with E-state index in [0.29, 0.717) is 25.2 Å². The second kappa shape index (κ2) is 11.1. The molecule has 0 radical (unpaired) electrons. The molecule has 0 fully saturated rings. The van der Waals surface area contributed by atoms with Gasteiger partial charge in [0.15, 0.2) is 0 Å². The molecule has 2 N–H and O–H groups in total. The number of rotatable bonds is 7. The summed E-state index contributed by atoms with van der Waals surface area (Å²) in [5.41, 5.74) is 2.11. The molecular formula is C25H34N4O4. The van der Waals surface area contributed by atoms with Crippen LogP contribution in [0.25, 0.3) is 11.1 Å². The van der Waals surface area contributed by atoms with Crippen LogP contribution in [0.3, 0.4) is 0 Å². The fraction of sp³-hybridized carbons (Fsp3) is 0.480. The van der Waals surface area contributed by atoms with E-state index in [4.69, 9.17) is 4.74 Å². The Morgan fingerprint density at radius 1 is 1.33 bits per heavy atom. The molecule has 3 rings (SSSR count). The van der Waals surface area contributed by atoms with Gasteiger partial charge in [-0.05, 0) is 25.0 Å². The van der Waals surface area contributed by atoms with Crippen LogP contribution in [0.2, 0.25) is 0 Å². The number of ether oxygens (including phenoxy) is 1. The standard InChI is InChI=1S/C25H34N4O4/c1-5-11-26-25(32)28(4)15-22-17(2)14-29(18(3)16-30)24(31)21-12-20(13-27-23(21)33-22)19-9-7-6-8-10-19/h6-10,12-13,17-18,22,30H,5,11,14-16H2,1-4H3,(H,26,32)/t17-,18-,22-/m1/s1. The summed E-state index contributed by atoms with van der Waals surface area (Å²) in [5, 5.41) is 12.7. The van der Waals surface area contributed by atoms with E-state index < -0.39 is 0 Å². The van der Waals surface area contributed by atoms with Gasteiger partial charge in [0.2, 0.25) is 5.88 Å². The highest BCUT2D eigenvalue weighted by atomic mass is 16.5. The third kappa shape index (κ3) is 5.82. The first-order valence-corrected chi connectivity index (χ1v) is 11.5. The number of likely N-dealkylation sites (N-methyl/N-ethyl adjacent to an activating group) is 1. The van der Waals surface area contributed by atoms with Crippen LogP contribution in [-0.2, 0) is 0 Å². The topological polar surface area (TPSA) is 95.0 Å². The van der Waals surface area contributed by atoms with E-state index in [-0.39, 0.29) is 42.5 Å². The predicted octanol–water partition coefficient (Wildman–Crippen LogP) is 3.02. The molecule has 33 heavy (non-hydrogen) atoms. The lowest BCUT2D eigenvalue weighted by molar-refractivity contribution is 0.0352. The smallest absolute Gasteiger partial charge is 0.317 e. The van der Waals surface area contributed by atoms with Crippen molar-refractivity contribution in [2.75, 3.05) is 33.3 Å². The summed E-state index contributed by atoms with van der Waals surface area (Å²) in [5.74, 6) is -0.0713. The summed E-state index contributed by atoms with van der Waals surface area (Å²) < 4.78 is 6.25. The molecule has 8 heteroatoms.